The Hall–Kier alpha value is -2.64. The normalized spacial score (nSPS) is 23.2. The van der Waals surface area contributed by atoms with Gasteiger partial charge in [-0.3, -0.25) is 14.3 Å². The molecular formula is C17H21N5O3. The third-order valence-electron chi connectivity index (χ3n) is 5.40. The van der Waals surface area contributed by atoms with Crippen LogP contribution in [-0.2, 0) is 11.8 Å². The lowest BCUT2D eigenvalue weighted by Gasteiger charge is -2.27. The Labute approximate surface area is 145 Å². The van der Waals surface area contributed by atoms with Gasteiger partial charge in [0.2, 0.25) is 5.91 Å². The number of likely N-dealkylation sites (N-methyl/N-ethyl adjacent to an activating group) is 1. The molecule has 0 unspecified atom stereocenters. The van der Waals surface area contributed by atoms with E-state index in [0.717, 1.165) is 24.1 Å². The second-order valence-electron chi connectivity index (χ2n) is 6.92. The summed E-state index contributed by atoms with van der Waals surface area (Å²) < 4.78 is 7.14. The molecule has 25 heavy (non-hydrogen) atoms. The zero-order chi connectivity index (χ0) is 17.7. The van der Waals surface area contributed by atoms with Crippen molar-refractivity contribution in [2.24, 2.45) is 7.05 Å². The number of likely N-dealkylation sites (tertiary alicyclic amines) is 1. The molecule has 0 spiro atoms. The van der Waals surface area contributed by atoms with E-state index in [1.807, 2.05) is 18.9 Å². The van der Waals surface area contributed by atoms with Crippen LogP contribution < -0.4 is 0 Å². The molecule has 2 aromatic heterocycles. The number of carbonyl (C=O) groups is 2. The summed E-state index contributed by atoms with van der Waals surface area (Å²) in [6.45, 7) is 2.51. The van der Waals surface area contributed by atoms with E-state index in [4.69, 9.17) is 4.52 Å². The molecule has 2 aliphatic heterocycles. The van der Waals surface area contributed by atoms with Gasteiger partial charge in [0, 0.05) is 44.9 Å². The van der Waals surface area contributed by atoms with Gasteiger partial charge in [-0.2, -0.15) is 5.10 Å². The largest absolute Gasteiger partial charge is 0.355 e. The van der Waals surface area contributed by atoms with Crippen LogP contribution in [0.5, 0.6) is 0 Å². The smallest absolute Gasteiger partial charge is 0.276 e. The molecule has 8 heteroatoms. The van der Waals surface area contributed by atoms with Crippen LogP contribution in [0.4, 0.5) is 0 Å². The highest BCUT2D eigenvalue weighted by Gasteiger charge is 2.43. The van der Waals surface area contributed by atoms with E-state index in [0.29, 0.717) is 18.7 Å². The number of hydrogen-bond donors (Lipinski definition) is 0. The summed E-state index contributed by atoms with van der Waals surface area (Å²) in [5.74, 6) is 0.466. The fourth-order valence-corrected chi connectivity index (χ4v) is 3.82. The second-order valence-corrected chi connectivity index (χ2v) is 6.92. The van der Waals surface area contributed by atoms with Crippen LogP contribution in [0.3, 0.4) is 0 Å². The summed E-state index contributed by atoms with van der Waals surface area (Å²) in [7, 11) is 3.65. The molecule has 2 aromatic rings. The van der Waals surface area contributed by atoms with Crippen molar-refractivity contribution in [3.8, 4) is 11.3 Å². The maximum absolute atomic E-state index is 13.0. The van der Waals surface area contributed by atoms with Gasteiger partial charge in [0.15, 0.2) is 11.5 Å². The molecular weight excluding hydrogens is 322 g/mol. The Morgan fingerprint density at radius 1 is 1.28 bits per heavy atom. The molecule has 2 aliphatic rings. The summed E-state index contributed by atoms with van der Waals surface area (Å²) >= 11 is 0. The molecule has 132 valence electrons. The predicted molar refractivity (Wildman–Crippen MR) is 88.7 cm³/mol. The number of carbonyl (C=O) groups excluding carboxylic acids is 2. The highest BCUT2D eigenvalue weighted by molar-refractivity contribution is 5.94. The SMILES string of the molecule is Cc1c(-c2cc(C(=O)N3[C@@H]4CC[C@H]3CN(C)C(=O)C4)no2)cnn1C. The lowest BCUT2D eigenvalue weighted by molar-refractivity contribution is -0.130. The van der Waals surface area contributed by atoms with Crippen LogP contribution in [-0.4, -0.2) is 62.2 Å². The van der Waals surface area contributed by atoms with E-state index < -0.39 is 0 Å². The van der Waals surface area contributed by atoms with E-state index in [2.05, 4.69) is 10.3 Å². The van der Waals surface area contributed by atoms with Crippen molar-refractivity contribution in [3.05, 3.63) is 23.7 Å². The van der Waals surface area contributed by atoms with Crippen LogP contribution in [0.1, 0.15) is 35.4 Å². The van der Waals surface area contributed by atoms with Gasteiger partial charge in [-0.25, -0.2) is 0 Å². The highest BCUT2D eigenvalue weighted by atomic mass is 16.5. The predicted octanol–water partition coefficient (Wildman–Crippen LogP) is 1.22. The van der Waals surface area contributed by atoms with Gasteiger partial charge in [0.1, 0.15) is 0 Å². The Kier molecular flexibility index (Phi) is 3.63. The van der Waals surface area contributed by atoms with Gasteiger partial charge < -0.3 is 14.3 Å². The fourth-order valence-electron chi connectivity index (χ4n) is 3.82. The number of amides is 2. The molecule has 0 aromatic carbocycles. The topological polar surface area (TPSA) is 84.5 Å². The van der Waals surface area contributed by atoms with Gasteiger partial charge in [-0.1, -0.05) is 5.16 Å². The molecule has 4 rings (SSSR count). The van der Waals surface area contributed by atoms with Crippen LogP contribution in [0.15, 0.2) is 16.8 Å². The average Bonchev–Trinajstić information content (AvgIpc) is 3.26. The molecule has 0 aliphatic carbocycles. The quantitative estimate of drug-likeness (QED) is 0.818. The minimum absolute atomic E-state index is 0.0461. The van der Waals surface area contributed by atoms with E-state index in [1.165, 1.54) is 0 Å². The molecule has 2 saturated heterocycles. The molecule has 2 amide bonds. The van der Waals surface area contributed by atoms with E-state index in [9.17, 15) is 9.59 Å². The molecule has 2 fully saturated rings. The zero-order valence-electron chi connectivity index (χ0n) is 14.6. The van der Waals surface area contributed by atoms with Crippen LogP contribution >= 0.6 is 0 Å². The molecule has 8 nitrogen and oxygen atoms in total. The molecule has 2 atom stereocenters. The van der Waals surface area contributed by atoms with Gasteiger partial charge in [-0.15, -0.1) is 0 Å². The van der Waals surface area contributed by atoms with Crippen molar-refractivity contribution in [3.63, 3.8) is 0 Å². The van der Waals surface area contributed by atoms with Gasteiger partial charge in [0.25, 0.3) is 5.91 Å². The lowest BCUT2D eigenvalue weighted by atomic mass is 10.1. The maximum Gasteiger partial charge on any atom is 0.276 e. The van der Waals surface area contributed by atoms with Crippen molar-refractivity contribution < 1.29 is 14.1 Å². The number of aromatic nitrogens is 3. The number of rotatable bonds is 2. The number of hydrogen-bond acceptors (Lipinski definition) is 5. The minimum atomic E-state index is -0.160. The van der Waals surface area contributed by atoms with Crippen LogP contribution in [0, 0.1) is 6.92 Å². The minimum Gasteiger partial charge on any atom is -0.355 e. The molecule has 0 saturated carbocycles. The van der Waals surface area contributed by atoms with Crippen LogP contribution in [0.2, 0.25) is 0 Å². The van der Waals surface area contributed by atoms with E-state index in [1.54, 1.807) is 28.9 Å². The summed E-state index contributed by atoms with van der Waals surface area (Å²) in [6, 6.07) is 1.67. The van der Waals surface area contributed by atoms with Gasteiger partial charge in [-0.05, 0) is 19.8 Å². The number of nitrogens with zero attached hydrogens (tertiary/aromatic N) is 5. The molecule has 0 radical (unpaired) electrons. The Morgan fingerprint density at radius 2 is 2.04 bits per heavy atom. The Bertz CT molecular complexity index is 839. The third-order valence-corrected chi connectivity index (χ3v) is 5.40. The van der Waals surface area contributed by atoms with Crippen molar-refractivity contribution in [1.82, 2.24) is 24.7 Å². The van der Waals surface area contributed by atoms with Crippen molar-refractivity contribution >= 4 is 11.8 Å². The molecule has 4 heterocycles. The van der Waals surface area contributed by atoms with Crippen LogP contribution in [0.25, 0.3) is 11.3 Å². The van der Waals surface area contributed by atoms with Crippen molar-refractivity contribution in [1.29, 1.82) is 0 Å². The molecule has 0 N–H and O–H groups in total. The first-order chi connectivity index (χ1) is 12.0. The fraction of sp³-hybridized carbons (Fsp3) is 0.529. The van der Waals surface area contributed by atoms with E-state index >= 15 is 0 Å². The number of aryl methyl sites for hydroxylation is 1. The summed E-state index contributed by atoms with van der Waals surface area (Å²) in [5.41, 5.74) is 2.05. The third kappa shape index (κ3) is 2.52. The highest BCUT2D eigenvalue weighted by Crippen LogP contribution is 2.32. The first kappa shape index (κ1) is 15.9. The monoisotopic (exact) mass is 343 g/mol. The standard InChI is InChI=1S/C17H21N5O3/c1-10-13(8-18-21(10)3)15-7-14(19-25-15)17(24)22-11-4-5-12(22)9-20(2)16(23)6-11/h7-8,11-12H,4-6,9H2,1-3H3/t11-,12+/m1/s1. The Balaban J connectivity index is 1.61. The van der Waals surface area contributed by atoms with Gasteiger partial charge >= 0.3 is 0 Å². The van der Waals surface area contributed by atoms with Crippen molar-refractivity contribution in [2.75, 3.05) is 13.6 Å². The summed E-state index contributed by atoms with van der Waals surface area (Å²) in [4.78, 5) is 28.6. The van der Waals surface area contributed by atoms with Crippen molar-refractivity contribution in [2.45, 2.75) is 38.3 Å². The first-order valence-electron chi connectivity index (χ1n) is 8.48. The first-order valence-corrected chi connectivity index (χ1v) is 8.48. The lowest BCUT2D eigenvalue weighted by Crippen LogP contribution is -2.42. The van der Waals surface area contributed by atoms with E-state index in [-0.39, 0.29) is 29.6 Å². The second kappa shape index (κ2) is 5.72. The Morgan fingerprint density at radius 3 is 2.76 bits per heavy atom. The average molecular weight is 343 g/mol. The zero-order valence-corrected chi connectivity index (χ0v) is 14.6. The maximum atomic E-state index is 13.0. The summed E-state index contributed by atoms with van der Waals surface area (Å²) in [6.07, 6.45) is 3.86. The number of fused-ring (bicyclic) bond motifs is 2. The van der Waals surface area contributed by atoms with Gasteiger partial charge in [0.05, 0.1) is 17.8 Å². The molecule has 2 bridgehead atoms. The summed E-state index contributed by atoms with van der Waals surface area (Å²) in [5, 5.41) is 8.17.